The van der Waals surface area contributed by atoms with Gasteiger partial charge in [-0.05, 0) is 31.1 Å². The Bertz CT molecular complexity index is 520. The number of rotatable bonds is 11. The predicted molar refractivity (Wildman–Crippen MR) is 94.1 cm³/mol. The molecule has 2 N–H and O–H groups in total. The van der Waals surface area contributed by atoms with E-state index in [1.54, 1.807) is 12.2 Å². The molecule has 0 saturated carbocycles. The van der Waals surface area contributed by atoms with Crippen molar-refractivity contribution in [1.82, 2.24) is 5.32 Å². The molecule has 1 unspecified atom stereocenters. The van der Waals surface area contributed by atoms with Gasteiger partial charge < -0.3 is 19.9 Å². The summed E-state index contributed by atoms with van der Waals surface area (Å²) in [6.07, 6.45) is 3.13. The average molecular weight is 317 g/mol. The highest BCUT2D eigenvalue weighted by Gasteiger charge is 2.03. The number of hydrogen-bond donors (Lipinski definition) is 2. The summed E-state index contributed by atoms with van der Waals surface area (Å²) < 4.78 is 10.9. The van der Waals surface area contributed by atoms with Gasteiger partial charge in [0.05, 0.1) is 6.61 Å². The number of aliphatic hydroxyl groups excluding tert-OH is 1. The highest BCUT2D eigenvalue weighted by atomic mass is 16.5. The zero-order valence-corrected chi connectivity index (χ0v) is 14.0. The normalized spacial score (nSPS) is 12.7. The molecule has 0 aliphatic heterocycles. The standard InChI is InChI=1S/C19H27NO3/c1-5-7-19(16(4)21)23-14-18-10-8-17(9-11-18)12-20-15(3)13-22-6-2/h5,7-11,15,20-21H,1,4,6,12-14H2,2-3H3/b19-7+. The maximum Gasteiger partial charge on any atom is 0.160 e. The summed E-state index contributed by atoms with van der Waals surface area (Å²) in [5, 5.41) is 12.8. The highest BCUT2D eigenvalue weighted by molar-refractivity contribution is 5.24. The van der Waals surface area contributed by atoms with Crippen LogP contribution in [0.5, 0.6) is 0 Å². The van der Waals surface area contributed by atoms with Crippen molar-refractivity contribution >= 4 is 0 Å². The van der Waals surface area contributed by atoms with Crippen LogP contribution in [0.25, 0.3) is 0 Å². The molecule has 0 saturated heterocycles. The van der Waals surface area contributed by atoms with E-state index >= 15 is 0 Å². The smallest absolute Gasteiger partial charge is 0.160 e. The highest BCUT2D eigenvalue weighted by Crippen LogP contribution is 2.12. The lowest BCUT2D eigenvalue weighted by atomic mass is 10.1. The van der Waals surface area contributed by atoms with E-state index in [0.717, 1.165) is 18.7 Å². The first-order chi connectivity index (χ1) is 11.1. The van der Waals surface area contributed by atoms with Gasteiger partial charge in [-0.1, -0.05) is 43.5 Å². The molecule has 0 bridgehead atoms. The number of ether oxygens (including phenoxy) is 2. The Morgan fingerprint density at radius 2 is 1.96 bits per heavy atom. The van der Waals surface area contributed by atoms with Gasteiger partial charge in [0, 0.05) is 19.2 Å². The van der Waals surface area contributed by atoms with Gasteiger partial charge in [0.2, 0.25) is 0 Å². The van der Waals surface area contributed by atoms with Crippen LogP contribution in [0.2, 0.25) is 0 Å². The maximum atomic E-state index is 9.39. The van der Waals surface area contributed by atoms with Crippen molar-refractivity contribution < 1.29 is 14.6 Å². The molecular weight excluding hydrogens is 290 g/mol. The zero-order valence-electron chi connectivity index (χ0n) is 14.0. The van der Waals surface area contributed by atoms with Crippen LogP contribution < -0.4 is 5.32 Å². The molecule has 4 nitrogen and oxygen atoms in total. The van der Waals surface area contributed by atoms with Crippen molar-refractivity contribution in [2.45, 2.75) is 33.0 Å². The van der Waals surface area contributed by atoms with E-state index in [1.165, 1.54) is 5.56 Å². The number of benzene rings is 1. The quantitative estimate of drug-likeness (QED) is 0.481. The van der Waals surface area contributed by atoms with E-state index in [4.69, 9.17) is 9.47 Å². The molecule has 0 aromatic heterocycles. The Hall–Kier alpha value is -2.04. The van der Waals surface area contributed by atoms with E-state index in [-0.39, 0.29) is 5.76 Å². The van der Waals surface area contributed by atoms with Crippen LogP contribution in [-0.4, -0.2) is 24.4 Å². The fourth-order valence-corrected chi connectivity index (χ4v) is 1.89. The molecule has 0 aliphatic carbocycles. The van der Waals surface area contributed by atoms with Crippen molar-refractivity contribution in [3.63, 3.8) is 0 Å². The fraction of sp³-hybridized carbons (Fsp3) is 0.368. The van der Waals surface area contributed by atoms with Gasteiger partial charge in [-0.25, -0.2) is 0 Å². The predicted octanol–water partition coefficient (Wildman–Crippen LogP) is 3.86. The van der Waals surface area contributed by atoms with Crippen LogP contribution in [0, 0.1) is 0 Å². The molecule has 0 amide bonds. The second kappa shape index (κ2) is 10.6. The van der Waals surface area contributed by atoms with Gasteiger partial charge in [0.15, 0.2) is 5.76 Å². The first-order valence-corrected chi connectivity index (χ1v) is 7.79. The minimum atomic E-state index is -0.103. The molecule has 0 heterocycles. The SMILES string of the molecule is C=C/C=C(/OCc1ccc(CNC(C)COCC)cc1)C(=C)O. The van der Waals surface area contributed by atoms with Crippen LogP contribution in [0.15, 0.2) is 61.1 Å². The minimum absolute atomic E-state index is 0.103. The third-order valence-corrected chi connectivity index (χ3v) is 3.20. The van der Waals surface area contributed by atoms with Crippen molar-refractivity contribution in [1.29, 1.82) is 0 Å². The van der Waals surface area contributed by atoms with E-state index in [0.29, 0.717) is 25.0 Å². The molecule has 23 heavy (non-hydrogen) atoms. The Kier molecular flexibility index (Phi) is 8.80. The van der Waals surface area contributed by atoms with Crippen molar-refractivity contribution in [2.24, 2.45) is 0 Å². The number of aliphatic hydroxyl groups is 1. The number of allylic oxidation sites excluding steroid dienone is 2. The summed E-state index contributed by atoms with van der Waals surface area (Å²) in [5.74, 6) is 0.226. The lowest BCUT2D eigenvalue weighted by Crippen LogP contribution is -2.30. The Morgan fingerprint density at radius 3 is 2.52 bits per heavy atom. The lowest BCUT2D eigenvalue weighted by molar-refractivity contribution is 0.127. The molecule has 0 radical (unpaired) electrons. The first-order valence-electron chi connectivity index (χ1n) is 7.79. The van der Waals surface area contributed by atoms with E-state index < -0.39 is 0 Å². The van der Waals surface area contributed by atoms with E-state index in [1.807, 2.05) is 19.1 Å². The van der Waals surface area contributed by atoms with Crippen LogP contribution >= 0.6 is 0 Å². The van der Waals surface area contributed by atoms with Crippen molar-refractivity contribution in [3.8, 4) is 0 Å². The molecule has 126 valence electrons. The van der Waals surface area contributed by atoms with Crippen molar-refractivity contribution in [2.75, 3.05) is 13.2 Å². The van der Waals surface area contributed by atoms with Gasteiger partial charge in [-0.15, -0.1) is 0 Å². The topological polar surface area (TPSA) is 50.7 Å². The Labute approximate surface area is 139 Å². The molecule has 4 heteroatoms. The van der Waals surface area contributed by atoms with Gasteiger partial charge in [-0.2, -0.15) is 0 Å². The molecule has 1 atom stereocenters. The summed E-state index contributed by atoms with van der Waals surface area (Å²) in [7, 11) is 0. The zero-order chi connectivity index (χ0) is 17.1. The molecule has 0 spiro atoms. The van der Waals surface area contributed by atoms with Gasteiger partial charge in [0.25, 0.3) is 0 Å². The second-order valence-electron chi connectivity index (χ2n) is 5.26. The van der Waals surface area contributed by atoms with Gasteiger partial charge in [0.1, 0.15) is 12.4 Å². The maximum absolute atomic E-state index is 9.39. The average Bonchev–Trinajstić information content (AvgIpc) is 2.55. The molecule has 1 aromatic carbocycles. The second-order valence-corrected chi connectivity index (χ2v) is 5.26. The van der Waals surface area contributed by atoms with Crippen LogP contribution in [0.3, 0.4) is 0 Å². The minimum Gasteiger partial charge on any atom is -0.505 e. The summed E-state index contributed by atoms with van der Waals surface area (Å²) in [5.41, 5.74) is 2.22. The monoisotopic (exact) mass is 317 g/mol. The summed E-state index contributed by atoms with van der Waals surface area (Å²) >= 11 is 0. The molecule has 0 aliphatic rings. The van der Waals surface area contributed by atoms with Gasteiger partial charge in [-0.3, -0.25) is 0 Å². The summed E-state index contributed by atoms with van der Waals surface area (Å²) in [4.78, 5) is 0. The summed E-state index contributed by atoms with van der Waals surface area (Å²) in [6, 6.07) is 8.46. The third-order valence-electron chi connectivity index (χ3n) is 3.20. The number of hydrogen-bond acceptors (Lipinski definition) is 4. The van der Waals surface area contributed by atoms with Crippen LogP contribution in [0.1, 0.15) is 25.0 Å². The number of nitrogens with one attached hydrogen (secondary N) is 1. The van der Waals surface area contributed by atoms with Crippen LogP contribution in [-0.2, 0) is 22.6 Å². The van der Waals surface area contributed by atoms with Gasteiger partial charge >= 0.3 is 0 Å². The molecule has 1 rings (SSSR count). The first kappa shape index (κ1) is 19.0. The fourth-order valence-electron chi connectivity index (χ4n) is 1.89. The van der Waals surface area contributed by atoms with Crippen LogP contribution in [0.4, 0.5) is 0 Å². The molecule has 0 fully saturated rings. The Morgan fingerprint density at radius 1 is 1.30 bits per heavy atom. The van der Waals surface area contributed by atoms with E-state index in [2.05, 4.69) is 37.5 Å². The van der Waals surface area contributed by atoms with Crippen molar-refractivity contribution in [3.05, 3.63) is 72.2 Å². The molecular formula is C19H27NO3. The summed E-state index contributed by atoms with van der Waals surface area (Å²) in [6.45, 7) is 13.8. The lowest BCUT2D eigenvalue weighted by Gasteiger charge is -2.14. The third kappa shape index (κ3) is 7.68. The largest absolute Gasteiger partial charge is 0.505 e. The Balaban J connectivity index is 2.45. The molecule has 1 aromatic rings. The van der Waals surface area contributed by atoms with E-state index in [9.17, 15) is 5.11 Å².